The first-order valence-corrected chi connectivity index (χ1v) is 5.97. The molecule has 0 fully saturated rings. The van der Waals surface area contributed by atoms with Gasteiger partial charge >= 0.3 is 0 Å². The van der Waals surface area contributed by atoms with Gasteiger partial charge in [0.05, 0.1) is 10.7 Å². The lowest BCUT2D eigenvalue weighted by molar-refractivity contribution is -0.110. The predicted octanol–water partition coefficient (Wildman–Crippen LogP) is 2.32. The number of aliphatic imine (C=N–C) groups is 1. The molecule has 0 bridgehead atoms. The number of hydrogen-bond acceptors (Lipinski definition) is 3. The lowest BCUT2D eigenvalue weighted by Crippen LogP contribution is -2.39. The SMILES string of the molecule is O=C(Nc1ccc(Cl)cc1Cl)C1=NCCCN1. The molecule has 2 rings (SSSR count). The summed E-state index contributed by atoms with van der Waals surface area (Å²) in [5, 5.41) is 6.56. The molecule has 0 atom stereocenters. The summed E-state index contributed by atoms with van der Waals surface area (Å²) in [6.07, 6.45) is 0.943. The van der Waals surface area contributed by atoms with Gasteiger partial charge in [-0.25, -0.2) is 0 Å². The van der Waals surface area contributed by atoms with Crippen LogP contribution in [0.3, 0.4) is 0 Å². The summed E-state index contributed by atoms with van der Waals surface area (Å²) in [7, 11) is 0. The van der Waals surface area contributed by atoms with Crippen molar-refractivity contribution in [3.63, 3.8) is 0 Å². The van der Waals surface area contributed by atoms with E-state index in [1.807, 2.05) is 0 Å². The molecule has 1 aliphatic rings. The molecule has 1 aromatic rings. The number of anilines is 1. The van der Waals surface area contributed by atoms with Crippen LogP contribution >= 0.6 is 23.2 Å². The van der Waals surface area contributed by atoms with Crippen LogP contribution in [0.15, 0.2) is 23.2 Å². The highest BCUT2D eigenvalue weighted by molar-refractivity contribution is 6.43. The van der Waals surface area contributed by atoms with Gasteiger partial charge in [-0.2, -0.15) is 0 Å². The summed E-state index contributed by atoms with van der Waals surface area (Å²) in [6.45, 7) is 1.44. The number of halogens is 2. The van der Waals surface area contributed by atoms with Crippen molar-refractivity contribution in [3.8, 4) is 0 Å². The van der Waals surface area contributed by atoms with Gasteiger partial charge in [0.2, 0.25) is 0 Å². The van der Waals surface area contributed by atoms with Crippen LogP contribution in [0, 0.1) is 0 Å². The van der Waals surface area contributed by atoms with Crippen molar-refractivity contribution in [3.05, 3.63) is 28.2 Å². The van der Waals surface area contributed by atoms with Crippen molar-refractivity contribution in [2.45, 2.75) is 6.42 Å². The molecule has 1 aliphatic heterocycles. The molecule has 4 nitrogen and oxygen atoms in total. The Kier molecular flexibility index (Phi) is 3.86. The van der Waals surface area contributed by atoms with Gasteiger partial charge in [-0.3, -0.25) is 9.79 Å². The smallest absolute Gasteiger partial charge is 0.290 e. The first-order valence-electron chi connectivity index (χ1n) is 5.21. The minimum Gasteiger partial charge on any atom is -0.366 e. The average Bonchev–Trinajstić information content (AvgIpc) is 2.34. The maximum atomic E-state index is 11.8. The third-order valence-electron chi connectivity index (χ3n) is 2.29. The highest BCUT2D eigenvalue weighted by atomic mass is 35.5. The quantitative estimate of drug-likeness (QED) is 0.868. The Morgan fingerprint density at radius 3 is 2.88 bits per heavy atom. The van der Waals surface area contributed by atoms with E-state index in [1.165, 1.54) is 0 Å². The molecular formula is C11H11Cl2N3O. The summed E-state index contributed by atoms with van der Waals surface area (Å²) in [6, 6.07) is 4.90. The fourth-order valence-corrected chi connectivity index (χ4v) is 1.91. The zero-order valence-corrected chi connectivity index (χ0v) is 10.5. The third-order valence-corrected chi connectivity index (χ3v) is 2.84. The zero-order chi connectivity index (χ0) is 12.3. The number of carbonyl (C=O) groups is 1. The monoisotopic (exact) mass is 271 g/mol. The second kappa shape index (κ2) is 5.38. The normalized spacial score (nSPS) is 14.8. The van der Waals surface area contributed by atoms with Gasteiger partial charge in [-0.1, -0.05) is 23.2 Å². The predicted molar refractivity (Wildman–Crippen MR) is 70.0 cm³/mol. The molecule has 0 saturated heterocycles. The number of nitrogens with zero attached hydrogens (tertiary/aromatic N) is 1. The largest absolute Gasteiger partial charge is 0.366 e. The van der Waals surface area contributed by atoms with Gasteiger partial charge in [-0.05, 0) is 24.6 Å². The highest BCUT2D eigenvalue weighted by Gasteiger charge is 2.14. The van der Waals surface area contributed by atoms with Gasteiger partial charge in [0, 0.05) is 18.1 Å². The fraction of sp³-hybridized carbons (Fsp3) is 0.273. The van der Waals surface area contributed by atoms with Crippen molar-refractivity contribution >= 4 is 40.6 Å². The molecule has 2 N–H and O–H groups in total. The number of carbonyl (C=O) groups excluding carboxylic acids is 1. The fourth-order valence-electron chi connectivity index (χ4n) is 1.46. The molecule has 0 aliphatic carbocycles. The number of hydrogen-bond donors (Lipinski definition) is 2. The second-order valence-electron chi connectivity index (χ2n) is 3.59. The number of benzene rings is 1. The molecule has 1 heterocycles. The minimum absolute atomic E-state index is 0.283. The Morgan fingerprint density at radius 1 is 1.41 bits per heavy atom. The highest BCUT2D eigenvalue weighted by Crippen LogP contribution is 2.25. The Balaban J connectivity index is 2.10. The van der Waals surface area contributed by atoms with E-state index in [0.29, 0.717) is 28.1 Å². The van der Waals surface area contributed by atoms with Gasteiger partial charge in [0.25, 0.3) is 5.91 Å². The maximum Gasteiger partial charge on any atom is 0.290 e. The van der Waals surface area contributed by atoms with Crippen LogP contribution in [0.25, 0.3) is 0 Å². The van der Waals surface area contributed by atoms with E-state index in [4.69, 9.17) is 23.2 Å². The average molecular weight is 272 g/mol. The molecule has 1 aromatic carbocycles. The van der Waals surface area contributed by atoms with Crippen LogP contribution in [0.1, 0.15) is 6.42 Å². The first-order chi connectivity index (χ1) is 8.16. The minimum atomic E-state index is -0.283. The molecule has 1 amide bonds. The molecule has 0 radical (unpaired) electrons. The summed E-state index contributed by atoms with van der Waals surface area (Å²) >= 11 is 11.7. The van der Waals surface area contributed by atoms with E-state index in [9.17, 15) is 4.79 Å². The Bertz CT molecular complexity index is 474. The zero-order valence-electron chi connectivity index (χ0n) is 8.96. The topological polar surface area (TPSA) is 53.5 Å². The maximum absolute atomic E-state index is 11.8. The lowest BCUT2D eigenvalue weighted by Gasteiger charge is -2.14. The van der Waals surface area contributed by atoms with Gasteiger partial charge in [-0.15, -0.1) is 0 Å². The summed E-state index contributed by atoms with van der Waals surface area (Å²) in [4.78, 5) is 15.9. The second-order valence-corrected chi connectivity index (χ2v) is 4.43. The molecule has 0 aromatic heterocycles. The van der Waals surface area contributed by atoms with Crippen LogP contribution < -0.4 is 10.6 Å². The molecule has 0 unspecified atom stereocenters. The first kappa shape index (κ1) is 12.2. The molecular weight excluding hydrogens is 261 g/mol. The Hall–Kier alpha value is -1.26. The van der Waals surface area contributed by atoms with Crippen molar-refractivity contribution in [1.82, 2.24) is 5.32 Å². The van der Waals surface area contributed by atoms with E-state index in [1.54, 1.807) is 18.2 Å². The van der Waals surface area contributed by atoms with Crippen LogP contribution in [-0.4, -0.2) is 24.8 Å². The van der Waals surface area contributed by atoms with E-state index in [-0.39, 0.29) is 5.91 Å². The number of amides is 1. The van der Waals surface area contributed by atoms with Crippen LogP contribution in [-0.2, 0) is 4.79 Å². The van der Waals surface area contributed by atoms with Crippen molar-refractivity contribution in [2.24, 2.45) is 4.99 Å². The molecule has 0 saturated carbocycles. The van der Waals surface area contributed by atoms with E-state index >= 15 is 0 Å². The molecule has 90 valence electrons. The van der Waals surface area contributed by atoms with E-state index < -0.39 is 0 Å². The van der Waals surface area contributed by atoms with Crippen molar-refractivity contribution in [1.29, 1.82) is 0 Å². The molecule has 0 spiro atoms. The van der Waals surface area contributed by atoms with E-state index in [2.05, 4.69) is 15.6 Å². The standard InChI is InChI=1S/C11H11Cl2N3O/c12-7-2-3-9(8(13)6-7)16-11(17)10-14-4-1-5-15-10/h2-3,6H,1,4-5H2,(H,14,15)(H,16,17). The van der Waals surface area contributed by atoms with Crippen LogP contribution in [0.5, 0.6) is 0 Å². The third kappa shape index (κ3) is 3.11. The summed E-state index contributed by atoms with van der Waals surface area (Å²) in [5.41, 5.74) is 0.524. The number of nitrogens with one attached hydrogen (secondary N) is 2. The molecule has 17 heavy (non-hydrogen) atoms. The van der Waals surface area contributed by atoms with Crippen LogP contribution in [0.2, 0.25) is 10.0 Å². The van der Waals surface area contributed by atoms with Gasteiger partial charge < -0.3 is 10.6 Å². The van der Waals surface area contributed by atoms with Crippen molar-refractivity contribution in [2.75, 3.05) is 18.4 Å². The van der Waals surface area contributed by atoms with E-state index in [0.717, 1.165) is 13.0 Å². The Labute approximate surface area is 109 Å². The lowest BCUT2D eigenvalue weighted by atomic mass is 10.3. The van der Waals surface area contributed by atoms with Crippen molar-refractivity contribution < 1.29 is 4.79 Å². The molecule has 6 heteroatoms. The summed E-state index contributed by atoms with van der Waals surface area (Å²) in [5.74, 6) is 0.0659. The number of amidine groups is 1. The number of rotatable bonds is 2. The Morgan fingerprint density at radius 2 is 2.24 bits per heavy atom. The van der Waals surface area contributed by atoms with Gasteiger partial charge in [0.15, 0.2) is 5.84 Å². The van der Waals surface area contributed by atoms with Gasteiger partial charge in [0.1, 0.15) is 0 Å². The van der Waals surface area contributed by atoms with Crippen LogP contribution in [0.4, 0.5) is 5.69 Å². The summed E-state index contributed by atoms with van der Waals surface area (Å²) < 4.78 is 0.